The number of carbonyl (C=O) groups is 1. The molecule has 1 atom stereocenters. The summed E-state index contributed by atoms with van der Waals surface area (Å²) in [6.07, 6.45) is 2.01. The van der Waals surface area contributed by atoms with Gasteiger partial charge in [-0.15, -0.1) is 0 Å². The maximum atomic E-state index is 13.3. The molecule has 7 heteroatoms. The van der Waals surface area contributed by atoms with Crippen molar-refractivity contribution < 1.29 is 9.53 Å². The molecular formula is C34H37N5O2. The largest absolute Gasteiger partial charge is 0.493 e. The van der Waals surface area contributed by atoms with E-state index in [9.17, 15) is 4.79 Å². The summed E-state index contributed by atoms with van der Waals surface area (Å²) >= 11 is 0. The highest BCUT2D eigenvalue weighted by molar-refractivity contribution is 5.93. The number of amides is 1. The Morgan fingerprint density at radius 2 is 1.80 bits per heavy atom. The predicted molar refractivity (Wildman–Crippen MR) is 162 cm³/mol. The number of fused-ring (bicyclic) bond motifs is 2. The van der Waals surface area contributed by atoms with Crippen molar-refractivity contribution in [1.29, 1.82) is 0 Å². The number of hydrogen-bond acceptors (Lipinski definition) is 5. The lowest BCUT2D eigenvalue weighted by atomic mass is 9.98. The second-order valence-corrected chi connectivity index (χ2v) is 11.4. The molecule has 3 aromatic carbocycles. The molecule has 1 saturated heterocycles. The van der Waals surface area contributed by atoms with E-state index in [1.807, 2.05) is 24.8 Å². The van der Waals surface area contributed by atoms with E-state index in [0.717, 1.165) is 49.6 Å². The molecular weight excluding hydrogens is 510 g/mol. The smallest absolute Gasteiger partial charge is 0.274 e. The highest BCUT2D eigenvalue weighted by Gasteiger charge is 2.27. The van der Waals surface area contributed by atoms with Gasteiger partial charge in [0.05, 0.1) is 6.61 Å². The zero-order chi connectivity index (χ0) is 28.3. The SMILES string of the molecule is Cc1cc(C)n2nc(C(=O)N3CCCC(COc4ccc(CN(C)Cc5cccc6ccccc56)cc4)C3)cc2n1. The molecule has 3 heterocycles. The minimum atomic E-state index is -0.0331. The normalized spacial score (nSPS) is 15.6. The third kappa shape index (κ3) is 6.10. The van der Waals surface area contributed by atoms with Crippen LogP contribution in [0, 0.1) is 19.8 Å². The fourth-order valence-electron chi connectivity index (χ4n) is 5.93. The Balaban J connectivity index is 1.02. The van der Waals surface area contributed by atoms with Crippen molar-refractivity contribution in [3.05, 3.63) is 107 Å². The van der Waals surface area contributed by atoms with Crippen molar-refractivity contribution in [3.63, 3.8) is 0 Å². The number of nitrogens with zero attached hydrogens (tertiary/aromatic N) is 5. The second kappa shape index (κ2) is 11.7. The maximum absolute atomic E-state index is 13.3. The highest BCUT2D eigenvalue weighted by Crippen LogP contribution is 2.23. The Morgan fingerprint density at radius 3 is 2.66 bits per heavy atom. The summed E-state index contributed by atoms with van der Waals surface area (Å²) in [6, 6.07) is 27.2. The van der Waals surface area contributed by atoms with Crippen LogP contribution in [-0.4, -0.2) is 57.0 Å². The van der Waals surface area contributed by atoms with Crippen LogP contribution in [0.3, 0.4) is 0 Å². The van der Waals surface area contributed by atoms with E-state index in [-0.39, 0.29) is 5.91 Å². The van der Waals surface area contributed by atoms with E-state index in [4.69, 9.17) is 4.74 Å². The topological polar surface area (TPSA) is 63.0 Å². The summed E-state index contributed by atoms with van der Waals surface area (Å²) in [6.45, 7) is 7.70. The Morgan fingerprint density at radius 1 is 1.00 bits per heavy atom. The minimum Gasteiger partial charge on any atom is -0.493 e. The molecule has 1 unspecified atom stereocenters. The van der Waals surface area contributed by atoms with E-state index >= 15 is 0 Å². The van der Waals surface area contributed by atoms with Gasteiger partial charge in [-0.1, -0.05) is 54.6 Å². The lowest BCUT2D eigenvalue weighted by molar-refractivity contribution is 0.0627. The molecule has 0 spiro atoms. The van der Waals surface area contributed by atoms with Gasteiger partial charge < -0.3 is 9.64 Å². The molecule has 5 aromatic rings. The molecule has 2 aromatic heterocycles. The number of hydrogen-bond donors (Lipinski definition) is 0. The van der Waals surface area contributed by atoms with E-state index < -0.39 is 0 Å². The van der Waals surface area contributed by atoms with Gasteiger partial charge in [-0.2, -0.15) is 5.10 Å². The first-order valence-electron chi connectivity index (χ1n) is 14.4. The molecule has 41 heavy (non-hydrogen) atoms. The van der Waals surface area contributed by atoms with Gasteiger partial charge in [0.15, 0.2) is 11.3 Å². The summed E-state index contributed by atoms with van der Waals surface area (Å²) in [4.78, 5) is 22.0. The molecule has 0 radical (unpaired) electrons. The standard InChI is InChI=1S/C34H37N5O2/c1-24-18-25(2)39-33(35-24)19-32(36-39)34(40)38-17-7-8-27(21-38)23-41-30-15-13-26(14-16-30)20-37(3)22-29-11-6-10-28-9-4-5-12-31(28)29/h4-6,9-16,18-19,27H,7-8,17,20-23H2,1-3H3. The molecule has 6 rings (SSSR count). The lowest BCUT2D eigenvalue weighted by Gasteiger charge is -2.32. The average molecular weight is 548 g/mol. The van der Waals surface area contributed by atoms with Gasteiger partial charge in [-0.05, 0) is 73.8 Å². The van der Waals surface area contributed by atoms with Crippen molar-refractivity contribution in [2.24, 2.45) is 5.92 Å². The molecule has 0 aliphatic carbocycles. The van der Waals surface area contributed by atoms with E-state index in [0.29, 0.717) is 30.4 Å². The van der Waals surface area contributed by atoms with Crippen LogP contribution in [0.4, 0.5) is 0 Å². The first-order valence-corrected chi connectivity index (χ1v) is 14.4. The molecule has 0 N–H and O–H groups in total. The fraction of sp³-hybridized carbons (Fsp3) is 0.324. The maximum Gasteiger partial charge on any atom is 0.274 e. The van der Waals surface area contributed by atoms with Gasteiger partial charge in [0.1, 0.15) is 5.75 Å². The summed E-state index contributed by atoms with van der Waals surface area (Å²) in [5, 5.41) is 7.14. The first kappa shape index (κ1) is 27.0. The van der Waals surface area contributed by atoms with Crippen LogP contribution < -0.4 is 4.74 Å². The van der Waals surface area contributed by atoms with Crippen LogP contribution in [0.25, 0.3) is 16.4 Å². The summed E-state index contributed by atoms with van der Waals surface area (Å²) in [5.41, 5.74) is 5.65. The number of piperidine rings is 1. The molecule has 210 valence electrons. The van der Waals surface area contributed by atoms with Crippen molar-refractivity contribution in [2.75, 3.05) is 26.7 Å². The van der Waals surface area contributed by atoms with Crippen molar-refractivity contribution in [2.45, 2.75) is 39.8 Å². The third-order valence-electron chi connectivity index (χ3n) is 7.94. The Kier molecular flexibility index (Phi) is 7.70. The Hall–Kier alpha value is -4.23. The van der Waals surface area contributed by atoms with Gasteiger partial charge in [-0.3, -0.25) is 9.69 Å². The number of ether oxygens (including phenoxy) is 1. The number of aryl methyl sites for hydroxylation is 2. The molecule has 7 nitrogen and oxygen atoms in total. The number of likely N-dealkylation sites (tertiary alicyclic amines) is 1. The van der Waals surface area contributed by atoms with Gasteiger partial charge >= 0.3 is 0 Å². The molecule has 1 aliphatic rings. The van der Waals surface area contributed by atoms with Crippen LogP contribution in [0.5, 0.6) is 5.75 Å². The molecule has 1 amide bonds. The van der Waals surface area contributed by atoms with E-state index in [2.05, 4.69) is 88.8 Å². The predicted octanol–water partition coefficient (Wildman–Crippen LogP) is 6.06. The lowest BCUT2D eigenvalue weighted by Crippen LogP contribution is -2.41. The summed E-state index contributed by atoms with van der Waals surface area (Å²) in [7, 11) is 2.16. The van der Waals surface area contributed by atoms with Crippen molar-refractivity contribution >= 4 is 22.3 Å². The Labute approximate surface area is 241 Å². The molecule has 1 aliphatic heterocycles. The minimum absolute atomic E-state index is 0.0331. The highest BCUT2D eigenvalue weighted by atomic mass is 16.5. The Bertz CT molecular complexity index is 1670. The van der Waals surface area contributed by atoms with E-state index in [1.54, 1.807) is 10.6 Å². The van der Waals surface area contributed by atoms with Gasteiger partial charge in [0.2, 0.25) is 0 Å². The van der Waals surface area contributed by atoms with Crippen molar-refractivity contribution in [1.82, 2.24) is 24.4 Å². The zero-order valence-corrected chi connectivity index (χ0v) is 24.1. The number of carbonyl (C=O) groups excluding carboxylic acids is 1. The van der Waals surface area contributed by atoms with Crippen LogP contribution in [0.15, 0.2) is 78.9 Å². The van der Waals surface area contributed by atoms with Gasteiger partial charge in [0, 0.05) is 49.6 Å². The average Bonchev–Trinajstić information content (AvgIpc) is 3.41. The zero-order valence-electron chi connectivity index (χ0n) is 24.1. The monoisotopic (exact) mass is 547 g/mol. The van der Waals surface area contributed by atoms with Gasteiger partial charge in [-0.25, -0.2) is 9.50 Å². The molecule has 1 fully saturated rings. The number of rotatable bonds is 8. The molecule has 0 saturated carbocycles. The van der Waals surface area contributed by atoms with Crippen LogP contribution in [0.1, 0.15) is 45.8 Å². The van der Waals surface area contributed by atoms with Crippen LogP contribution >= 0.6 is 0 Å². The fourth-order valence-corrected chi connectivity index (χ4v) is 5.93. The third-order valence-corrected chi connectivity index (χ3v) is 7.94. The summed E-state index contributed by atoms with van der Waals surface area (Å²) < 4.78 is 7.92. The molecule has 0 bridgehead atoms. The van der Waals surface area contributed by atoms with Crippen LogP contribution in [0.2, 0.25) is 0 Å². The van der Waals surface area contributed by atoms with Crippen LogP contribution in [-0.2, 0) is 13.1 Å². The second-order valence-electron chi connectivity index (χ2n) is 11.4. The quantitative estimate of drug-likeness (QED) is 0.236. The first-order chi connectivity index (χ1) is 19.9. The number of benzene rings is 3. The van der Waals surface area contributed by atoms with E-state index in [1.165, 1.54) is 21.9 Å². The summed E-state index contributed by atoms with van der Waals surface area (Å²) in [5.74, 6) is 1.12. The van der Waals surface area contributed by atoms with Gasteiger partial charge in [0.25, 0.3) is 5.91 Å². The number of aromatic nitrogens is 3. The van der Waals surface area contributed by atoms with Crippen molar-refractivity contribution in [3.8, 4) is 5.75 Å².